The van der Waals surface area contributed by atoms with Crippen molar-refractivity contribution < 1.29 is 23.1 Å². The molecule has 1 aromatic carbocycles. The molecule has 112 valence electrons. The van der Waals surface area contributed by atoms with Crippen LogP contribution in [0.5, 0.6) is 5.75 Å². The van der Waals surface area contributed by atoms with Crippen molar-refractivity contribution in [3.63, 3.8) is 0 Å². The highest BCUT2D eigenvalue weighted by Crippen LogP contribution is 2.30. The van der Waals surface area contributed by atoms with Gasteiger partial charge in [-0.3, -0.25) is 4.52 Å². The molecule has 0 amide bonds. The van der Waals surface area contributed by atoms with Crippen LogP contribution in [0.3, 0.4) is 0 Å². The van der Waals surface area contributed by atoms with Crippen LogP contribution in [0.15, 0.2) is 24.3 Å². The Bertz CT molecular complexity index is 466. The minimum Gasteiger partial charge on any atom is -0.464 e. The quantitative estimate of drug-likeness (QED) is 0.583. The molecule has 0 aromatic heterocycles. The van der Waals surface area contributed by atoms with Crippen molar-refractivity contribution in [1.29, 1.82) is 0 Å². The first-order valence-electron chi connectivity index (χ1n) is 6.41. The summed E-state index contributed by atoms with van der Waals surface area (Å²) >= 11 is 0. The summed E-state index contributed by atoms with van der Waals surface area (Å²) in [6, 6.07) is 7.10. The maximum atomic E-state index is 11.7. The summed E-state index contributed by atoms with van der Waals surface area (Å²) in [5.74, 6) is -0.137. The Balaban J connectivity index is 2.53. The lowest BCUT2D eigenvalue weighted by Gasteiger charge is -2.12. The summed E-state index contributed by atoms with van der Waals surface area (Å²) in [4.78, 5) is 11.3. The molecule has 7 heteroatoms. The molecule has 2 N–H and O–H groups in total. The van der Waals surface area contributed by atoms with Crippen LogP contribution in [0.4, 0.5) is 0 Å². The first-order chi connectivity index (χ1) is 9.56. The van der Waals surface area contributed by atoms with E-state index in [1.165, 1.54) is 6.92 Å². The molecule has 0 spiro atoms. The van der Waals surface area contributed by atoms with Crippen molar-refractivity contribution in [2.45, 2.75) is 26.4 Å². The van der Waals surface area contributed by atoms with Gasteiger partial charge in [-0.2, -0.15) is 0 Å². The molecule has 6 nitrogen and oxygen atoms in total. The largest absolute Gasteiger partial charge is 0.464 e. The van der Waals surface area contributed by atoms with Gasteiger partial charge in [0.1, 0.15) is 5.75 Å². The zero-order valence-corrected chi connectivity index (χ0v) is 12.6. The Morgan fingerprint density at radius 1 is 1.45 bits per heavy atom. The second-order valence-corrected chi connectivity index (χ2v) is 4.99. The van der Waals surface area contributed by atoms with E-state index in [1.54, 1.807) is 25.1 Å². The monoisotopic (exact) mass is 301 g/mol. The second-order valence-electron chi connectivity index (χ2n) is 4.05. The van der Waals surface area contributed by atoms with Gasteiger partial charge in [-0.25, -0.2) is 9.36 Å². The molecule has 0 radical (unpaired) electrons. The first-order valence-corrected chi connectivity index (χ1v) is 7.63. The average molecular weight is 301 g/mol. The molecule has 0 aliphatic rings. The molecule has 0 aliphatic heterocycles. The van der Waals surface area contributed by atoms with E-state index < -0.39 is 20.3 Å². The van der Waals surface area contributed by atoms with E-state index in [0.717, 1.165) is 5.56 Å². The van der Waals surface area contributed by atoms with E-state index in [4.69, 9.17) is 19.5 Å². The zero-order chi connectivity index (χ0) is 15.0. The Kier molecular flexibility index (Phi) is 7.30. The third kappa shape index (κ3) is 5.74. The van der Waals surface area contributed by atoms with Crippen LogP contribution in [0.2, 0.25) is 0 Å². The molecule has 0 heterocycles. The van der Waals surface area contributed by atoms with Crippen molar-refractivity contribution in [2.24, 2.45) is 5.73 Å². The summed E-state index contributed by atoms with van der Waals surface area (Å²) < 4.78 is 26.6. The lowest BCUT2D eigenvalue weighted by molar-refractivity contribution is -0.150. The Labute approximate surface area is 119 Å². The van der Waals surface area contributed by atoms with Crippen LogP contribution < -0.4 is 10.3 Å². The first kappa shape index (κ1) is 16.7. The van der Waals surface area contributed by atoms with Gasteiger partial charge < -0.3 is 15.0 Å². The number of hydrogen-bond donors (Lipinski definition) is 1. The third-order valence-corrected chi connectivity index (χ3v) is 3.37. The fraction of sp³-hybridized carbons (Fsp3) is 0.462. The summed E-state index contributed by atoms with van der Waals surface area (Å²) in [6.45, 7) is 3.92. The van der Waals surface area contributed by atoms with Crippen LogP contribution in [0, 0.1) is 0 Å². The predicted octanol–water partition coefficient (Wildman–Crippen LogP) is 1.92. The maximum Gasteiger partial charge on any atom is 0.368 e. The molecular weight excluding hydrogens is 281 g/mol. The molecule has 0 saturated carbocycles. The van der Waals surface area contributed by atoms with E-state index in [9.17, 15) is 9.36 Å². The van der Waals surface area contributed by atoms with Crippen molar-refractivity contribution in [1.82, 2.24) is 0 Å². The minimum absolute atomic E-state index is 0.245. The SMILES string of the molecule is CCOC(=O)C(C)O[PH](=O)Oc1cccc(CCN)c1. The highest BCUT2D eigenvalue weighted by molar-refractivity contribution is 7.33. The molecular formula is C13H20NO5P. The topological polar surface area (TPSA) is 87.8 Å². The lowest BCUT2D eigenvalue weighted by Crippen LogP contribution is -2.21. The van der Waals surface area contributed by atoms with Crippen molar-refractivity contribution >= 4 is 14.2 Å². The van der Waals surface area contributed by atoms with Crippen molar-refractivity contribution in [3.8, 4) is 5.75 Å². The lowest BCUT2D eigenvalue weighted by atomic mass is 10.1. The summed E-state index contributed by atoms with van der Waals surface area (Å²) in [5, 5.41) is 0. The summed E-state index contributed by atoms with van der Waals surface area (Å²) in [5.41, 5.74) is 6.45. The van der Waals surface area contributed by atoms with Crippen LogP contribution >= 0.6 is 8.25 Å². The minimum atomic E-state index is -2.82. The van der Waals surface area contributed by atoms with Gasteiger partial charge in [0.15, 0.2) is 6.10 Å². The van der Waals surface area contributed by atoms with Crippen LogP contribution in [-0.4, -0.2) is 25.2 Å². The summed E-state index contributed by atoms with van der Waals surface area (Å²) in [7, 11) is -2.82. The van der Waals surface area contributed by atoms with Gasteiger partial charge in [0.25, 0.3) is 0 Å². The van der Waals surface area contributed by atoms with E-state index in [2.05, 4.69) is 0 Å². The van der Waals surface area contributed by atoms with Crippen molar-refractivity contribution in [2.75, 3.05) is 13.2 Å². The van der Waals surface area contributed by atoms with Gasteiger partial charge in [-0.05, 0) is 44.5 Å². The molecule has 2 atom stereocenters. The molecule has 0 aliphatic carbocycles. The molecule has 2 unspecified atom stereocenters. The number of benzene rings is 1. The van der Waals surface area contributed by atoms with Gasteiger partial charge in [-0.15, -0.1) is 0 Å². The predicted molar refractivity (Wildman–Crippen MR) is 76.0 cm³/mol. The number of hydrogen-bond acceptors (Lipinski definition) is 6. The molecule has 1 rings (SSSR count). The van der Waals surface area contributed by atoms with Crippen LogP contribution in [0.1, 0.15) is 19.4 Å². The smallest absolute Gasteiger partial charge is 0.368 e. The zero-order valence-electron chi connectivity index (χ0n) is 11.6. The fourth-order valence-corrected chi connectivity index (χ4v) is 2.26. The molecule has 0 fully saturated rings. The van der Waals surface area contributed by atoms with E-state index in [1.807, 2.05) is 6.07 Å². The van der Waals surface area contributed by atoms with Gasteiger partial charge in [0.05, 0.1) is 6.61 Å². The van der Waals surface area contributed by atoms with Gasteiger partial charge in [0.2, 0.25) is 0 Å². The number of esters is 1. The number of rotatable bonds is 8. The standard InChI is InChI=1S/C13H20NO5P/c1-3-17-13(15)10(2)18-20(16)19-12-6-4-5-11(9-12)7-8-14/h4-6,9-10,20H,3,7-8,14H2,1-2H3. The third-order valence-electron chi connectivity index (χ3n) is 2.42. The normalized spacial score (nSPS) is 13.6. The molecule has 20 heavy (non-hydrogen) atoms. The highest BCUT2D eigenvalue weighted by Gasteiger charge is 2.18. The van der Waals surface area contributed by atoms with Gasteiger partial charge in [-0.1, -0.05) is 12.1 Å². The molecule has 0 bridgehead atoms. The highest BCUT2D eigenvalue weighted by atomic mass is 31.1. The number of carbonyl (C=O) groups excluding carboxylic acids is 1. The Morgan fingerprint density at radius 2 is 2.20 bits per heavy atom. The van der Waals surface area contributed by atoms with Gasteiger partial charge in [0, 0.05) is 0 Å². The Morgan fingerprint density at radius 3 is 2.85 bits per heavy atom. The van der Waals surface area contributed by atoms with Crippen LogP contribution in [0.25, 0.3) is 0 Å². The average Bonchev–Trinajstić information content (AvgIpc) is 2.39. The number of ether oxygens (including phenoxy) is 1. The van der Waals surface area contributed by atoms with E-state index in [0.29, 0.717) is 18.7 Å². The van der Waals surface area contributed by atoms with Crippen LogP contribution in [-0.2, 0) is 25.0 Å². The van der Waals surface area contributed by atoms with E-state index in [-0.39, 0.29) is 6.61 Å². The Hall–Kier alpha value is -1.36. The fourth-order valence-electron chi connectivity index (χ4n) is 1.50. The second kappa shape index (κ2) is 8.74. The van der Waals surface area contributed by atoms with E-state index >= 15 is 0 Å². The van der Waals surface area contributed by atoms with Gasteiger partial charge >= 0.3 is 14.2 Å². The number of carbonyl (C=O) groups is 1. The number of nitrogens with two attached hydrogens (primary N) is 1. The molecule has 1 aromatic rings. The van der Waals surface area contributed by atoms with Crippen molar-refractivity contribution in [3.05, 3.63) is 29.8 Å². The molecule has 0 saturated heterocycles. The maximum absolute atomic E-state index is 11.7. The summed E-state index contributed by atoms with van der Waals surface area (Å²) in [6.07, 6.45) is -0.216.